The van der Waals surface area contributed by atoms with Crippen LogP contribution in [0.25, 0.3) is 11.5 Å². The minimum absolute atomic E-state index is 0.0475. The van der Waals surface area contributed by atoms with Gasteiger partial charge in [0.1, 0.15) is 5.76 Å². The van der Waals surface area contributed by atoms with Crippen LogP contribution < -0.4 is 10.6 Å². The topological polar surface area (TPSA) is 84.2 Å². The van der Waals surface area contributed by atoms with Crippen LogP contribution in [-0.4, -0.2) is 29.4 Å². The fourth-order valence-electron chi connectivity index (χ4n) is 3.68. The number of carbonyl (C=O) groups is 2. The predicted molar refractivity (Wildman–Crippen MR) is 112 cm³/mol. The maximum Gasteiger partial charge on any atom is 0.226 e. The fraction of sp³-hybridized carbons (Fsp3) is 0.522. The molecule has 0 bridgehead atoms. The summed E-state index contributed by atoms with van der Waals surface area (Å²) in [6.45, 7) is 6.73. The SMILES string of the molecule is Cc1oc(-c2ccccc2)nc1CC(=O)NC1CCC(C(=O)NCC(C)C)CC1. The van der Waals surface area contributed by atoms with Crippen LogP contribution in [0, 0.1) is 18.8 Å². The third kappa shape index (κ3) is 5.92. The molecule has 2 aromatic rings. The zero-order valence-corrected chi connectivity index (χ0v) is 17.5. The first-order valence-corrected chi connectivity index (χ1v) is 10.5. The average Bonchev–Trinajstić information content (AvgIpc) is 3.07. The summed E-state index contributed by atoms with van der Waals surface area (Å²) in [6, 6.07) is 9.80. The minimum Gasteiger partial charge on any atom is -0.441 e. The molecule has 0 aliphatic heterocycles. The predicted octanol–water partition coefficient (Wildman–Crippen LogP) is 3.64. The van der Waals surface area contributed by atoms with Crippen LogP contribution in [-0.2, 0) is 16.0 Å². The van der Waals surface area contributed by atoms with E-state index in [0.29, 0.717) is 23.3 Å². The molecule has 1 heterocycles. The van der Waals surface area contributed by atoms with E-state index in [4.69, 9.17) is 4.42 Å². The molecule has 0 radical (unpaired) electrons. The molecular formula is C23H31N3O3. The van der Waals surface area contributed by atoms with Crippen molar-refractivity contribution in [1.82, 2.24) is 15.6 Å². The van der Waals surface area contributed by atoms with Crippen LogP contribution >= 0.6 is 0 Å². The van der Waals surface area contributed by atoms with Crippen molar-refractivity contribution >= 4 is 11.8 Å². The van der Waals surface area contributed by atoms with Crippen LogP contribution in [0.4, 0.5) is 0 Å². The first-order valence-electron chi connectivity index (χ1n) is 10.5. The number of hydrogen-bond donors (Lipinski definition) is 2. The first-order chi connectivity index (χ1) is 13.9. The van der Waals surface area contributed by atoms with Gasteiger partial charge in [-0.2, -0.15) is 0 Å². The van der Waals surface area contributed by atoms with Crippen molar-refractivity contribution in [2.75, 3.05) is 6.54 Å². The summed E-state index contributed by atoms with van der Waals surface area (Å²) in [5.41, 5.74) is 1.57. The standard InChI is InChI=1S/C23H31N3O3/c1-15(2)14-24-22(28)17-9-11-19(12-10-17)25-21(27)13-20-16(3)29-23(26-20)18-7-5-4-6-8-18/h4-8,15,17,19H,9-14H2,1-3H3,(H,24,28)(H,25,27). The van der Waals surface area contributed by atoms with Gasteiger partial charge in [-0.15, -0.1) is 0 Å². The molecule has 1 saturated carbocycles. The Labute approximate surface area is 172 Å². The van der Waals surface area contributed by atoms with E-state index in [1.165, 1.54) is 0 Å². The molecule has 1 aromatic carbocycles. The Kier molecular flexibility index (Phi) is 7.07. The van der Waals surface area contributed by atoms with Gasteiger partial charge in [-0.25, -0.2) is 4.98 Å². The number of rotatable bonds is 7. The Hall–Kier alpha value is -2.63. The van der Waals surface area contributed by atoms with Crippen LogP contribution in [0.2, 0.25) is 0 Å². The van der Waals surface area contributed by atoms with Gasteiger partial charge in [0.05, 0.1) is 12.1 Å². The maximum atomic E-state index is 12.5. The summed E-state index contributed by atoms with van der Waals surface area (Å²) in [6.07, 6.45) is 3.50. The van der Waals surface area contributed by atoms with Gasteiger partial charge < -0.3 is 15.1 Å². The molecule has 1 aliphatic rings. The average molecular weight is 398 g/mol. The molecule has 0 atom stereocenters. The van der Waals surface area contributed by atoms with Gasteiger partial charge >= 0.3 is 0 Å². The number of aromatic nitrogens is 1. The van der Waals surface area contributed by atoms with Crippen molar-refractivity contribution in [2.45, 2.75) is 58.9 Å². The monoisotopic (exact) mass is 397 g/mol. The zero-order chi connectivity index (χ0) is 20.8. The molecule has 29 heavy (non-hydrogen) atoms. The molecular weight excluding hydrogens is 366 g/mol. The lowest BCUT2D eigenvalue weighted by Gasteiger charge is -2.28. The Balaban J connectivity index is 1.47. The highest BCUT2D eigenvalue weighted by atomic mass is 16.4. The van der Waals surface area contributed by atoms with Crippen molar-refractivity contribution in [3.05, 3.63) is 41.8 Å². The van der Waals surface area contributed by atoms with Crippen molar-refractivity contribution in [3.63, 3.8) is 0 Å². The second kappa shape index (κ2) is 9.72. The highest BCUT2D eigenvalue weighted by Gasteiger charge is 2.27. The molecule has 6 nitrogen and oxygen atoms in total. The summed E-state index contributed by atoms with van der Waals surface area (Å²) < 4.78 is 5.74. The summed E-state index contributed by atoms with van der Waals surface area (Å²) in [5.74, 6) is 1.83. The number of nitrogens with zero attached hydrogens (tertiary/aromatic N) is 1. The number of hydrogen-bond acceptors (Lipinski definition) is 4. The van der Waals surface area contributed by atoms with Gasteiger partial charge in [-0.1, -0.05) is 32.0 Å². The highest BCUT2D eigenvalue weighted by molar-refractivity contribution is 5.80. The van der Waals surface area contributed by atoms with Gasteiger partial charge in [0, 0.05) is 24.1 Å². The van der Waals surface area contributed by atoms with E-state index < -0.39 is 0 Å². The molecule has 0 spiro atoms. The van der Waals surface area contributed by atoms with Gasteiger partial charge in [-0.05, 0) is 50.7 Å². The summed E-state index contributed by atoms with van der Waals surface area (Å²) in [5, 5.41) is 6.12. The van der Waals surface area contributed by atoms with Crippen LogP contribution in [0.15, 0.2) is 34.7 Å². The van der Waals surface area contributed by atoms with Gasteiger partial charge in [0.15, 0.2) is 0 Å². The summed E-state index contributed by atoms with van der Waals surface area (Å²) in [4.78, 5) is 29.2. The number of nitrogens with one attached hydrogen (secondary N) is 2. The van der Waals surface area contributed by atoms with E-state index in [9.17, 15) is 9.59 Å². The van der Waals surface area contributed by atoms with E-state index in [2.05, 4.69) is 29.5 Å². The first kappa shape index (κ1) is 21.1. The Morgan fingerprint density at radius 1 is 1.14 bits per heavy atom. The molecule has 0 unspecified atom stereocenters. The largest absolute Gasteiger partial charge is 0.441 e. The fourth-order valence-corrected chi connectivity index (χ4v) is 3.68. The Morgan fingerprint density at radius 3 is 2.48 bits per heavy atom. The lowest BCUT2D eigenvalue weighted by Crippen LogP contribution is -2.42. The molecule has 3 rings (SSSR count). The normalized spacial score (nSPS) is 19.2. The molecule has 6 heteroatoms. The van der Waals surface area contributed by atoms with E-state index in [1.807, 2.05) is 37.3 Å². The van der Waals surface area contributed by atoms with Crippen LogP contribution in [0.3, 0.4) is 0 Å². The molecule has 0 saturated heterocycles. The number of amides is 2. The van der Waals surface area contributed by atoms with Gasteiger partial charge in [0.2, 0.25) is 17.7 Å². The molecule has 1 aliphatic carbocycles. The van der Waals surface area contributed by atoms with Gasteiger partial charge in [0.25, 0.3) is 0 Å². The van der Waals surface area contributed by atoms with Gasteiger partial charge in [-0.3, -0.25) is 9.59 Å². The number of aryl methyl sites for hydroxylation is 1. The van der Waals surface area contributed by atoms with E-state index in [-0.39, 0.29) is 30.2 Å². The molecule has 2 amide bonds. The Bertz CT molecular complexity index is 821. The van der Waals surface area contributed by atoms with E-state index in [0.717, 1.165) is 37.8 Å². The van der Waals surface area contributed by atoms with Crippen molar-refractivity contribution in [1.29, 1.82) is 0 Å². The van der Waals surface area contributed by atoms with Crippen molar-refractivity contribution < 1.29 is 14.0 Å². The summed E-state index contributed by atoms with van der Waals surface area (Å²) >= 11 is 0. The van der Waals surface area contributed by atoms with Crippen molar-refractivity contribution in [2.24, 2.45) is 11.8 Å². The van der Waals surface area contributed by atoms with E-state index in [1.54, 1.807) is 0 Å². The molecule has 156 valence electrons. The number of oxazole rings is 1. The molecule has 1 aromatic heterocycles. The second-order valence-corrected chi connectivity index (χ2v) is 8.32. The summed E-state index contributed by atoms with van der Waals surface area (Å²) in [7, 11) is 0. The number of carbonyl (C=O) groups excluding carboxylic acids is 2. The minimum atomic E-state index is -0.0475. The van der Waals surface area contributed by atoms with Crippen LogP contribution in [0.5, 0.6) is 0 Å². The van der Waals surface area contributed by atoms with Crippen LogP contribution in [0.1, 0.15) is 51.0 Å². The van der Waals surface area contributed by atoms with Crippen molar-refractivity contribution in [3.8, 4) is 11.5 Å². The third-order valence-corrected chi connectivity index (χ3v) is 5.39. The second-order valence-electron chi connectivity index (χ2n) is 8.32. The lowest BCUT2D eigenvalue weighted by molar-refractivity contribution is -0.126. The maximum absolute atomic E-state index is 12.5. The molecule has 2 N–H and O–H groups in total. The lowest BCUT2D eigenvalue weighted by atomic mass is 9.85. The highest BCUT2D eigenvalue weighted by Crippen LogP contribution is 2.25. The quantitative estimate of drug-likeness (QED) is 0.747. The third-order valence-electron chi connectivity index (χ3n) is 5.39. The molecule has 1 fully saturated rings. The smallest absolute Gasteiger partial charge is 0.226 e. The zero-order valence-electron chi connectivity index (χ0n) is 17.5. The van der Waals surface area contributed by atoms with E-state index >= 15 is 0 Å². The number of benzene rings is 1. The Morgan fingerprint density at radius 2 is 1.83 bits per heavy atom.